The predicted molar refractivity (Wildman–Crippen MR) is 121 cm³/mol. The molecule has 4 fully saturated rings. The molecule has 0 amide bonds. The Hall–Kier alpha value is -0.410. The van der Waals surface area contributed by atoms with Crippen molar-refractivity contribution in [2.24, 2.45) is 46.3 Å². The van der Waals surface area contributed by atoms with Crippen molar-refractivity contribution in [3.05, 3.63) is 0 Å². The van der Waals surface area contributed by atoms with Crippen molar-refractivity contribution in [2.75, 3.05) is 0 Å². The van der Waals surface area contributed by atoms with Crippen LogP contribution in [0.2, 0.25) is 0 Å². The molecule has 0 heterocycles. The van der Waals surface area contributed by atoms with Gasteiger partial charge in [-0.25, -0.2) is 0 Å². The van der Waals surface area contributed by atoms with Gasteiger partial charge in [0.15, 0.2) is 0 Å². The first-order valence-electron chi connectivity index (χ1n) is 12.9. The fourth-order valence-electron chi connectivity index (χ4n) is 9.21. The molecular weight excluding hydrogens is 372 g/mol. The van der Waals surface area contributed by atoms with Crippen LogP contribution in [0, 0.1) is 46.3 Å². The zero-order chi connectivity index (χ0) is 21.9. The molecule has 0 spiro atoms. The highest BCUT2D eigenvalue weighted by molar-refractivity contribution is 5.79. The quantitative estimate of drug-likeness (QED) is 0.596. The van der Waals surface area contributed by atoms with E-state index in [-0.39, 0.29) is 17.4 Å². The van der Waals surface area contributed by atoms with Crippen molar-refractivity contribution in [1.29, 1.82) is 0 Å². The minimum atomic E-state index is -0.789. The van der Waals surface area contributed by atoms with Crippen LogP contribution in [0.1, 0.15) is 105 Å². The number of aliphatic hydroxyl groups is 2. The molecule has 9 atom stereocenters. The maximum atomic E-state index is 12.1. The van der Waals surface area contributed by atoms with Gasteiger partial charge in [0.1, 0.15) is 5.78 Å². The fraction of sp³-hybridized carbons (Fsp3) is 0.963. The lowest BCUT2D eigenvalue weighted by molar-refractivity contribution is -0.151. The monoisotopic (exact) mass is 418 g/mol. The van der Waals surface area contributed by atoms with Gasteiger partial charge in [-0.05, 0) is 92.3 Å². The zero-order valence-corrected chi connectivity index (χ0v) is 20.1. The highest BCUT2D eigenvalue weighted by atomic mass is 16.3. The number of hydrogen-bond donors (Lipinski definition) is 2. The molecule has 0 aromatic heterocycles. The van der Waals surface area contributed by atoms with Gasteiger partial charge in [0.05, 0.1) is 11.7 Å². The van der Waals surface area contributed by atoms with E-state index < -0.39 is 5.60 Å². The Balaban J connectivity index is 1.55. The van der Waals surface area contributed by atoms with Gasteiger partial charge in [-0.3, -0.25) is 4.79 Å². The van der Waals surface area contributed by atoms with E-state index in [1.54, 1.807) is 0 Å². The van der Waals surface area contributed by atoms with E-state index >= 15 is 0 Å². The molecule has 0 saturated heterocycles. The fourth-order valence-corrected chi connectivity index (χ4v) is 9.21. The third-order valence-electron chi connectivity index (χ3n) is 10.6. The van der Waals surface area contributed by atoms with Crippen LogP contribution in [0.3, 0.4) is 0 Å². The highest BCUT2D eigenvalue weighted by Crippen LogP contribution is 2.68. The van der Waals surface area contributed by atoms with Gasteiger partial charge in [0, 0.05) is 18.8 Å². The second-order valence-corrected chi connectivity index (χ2v) is 12.9. The Bertz CT molecular complexity index is 654. The summed E-state index contributed by atoms with van der Waals surface area (Å²) in [5, 5.41) is 22.8. The largest absolute Gasteiger partial charge is 0.393 e. The Morgan fingerprint density at radius 2 is 1.83 bits per heavy atom. The standard InChI is InChI=1S/C27H46O3/c1-17(2)7-6-12-27(5,30)24-23(29)16-22-20-9-8-18-15-19(28)10-13-25(18,3)21(20)11-14-26(22,24)4/h17-18,20-24,29-30H,6-16H2,1-5H3. The van der Waals surface area contributed by atoms with Crippen LogP contribution in [-0.4, -0.2) is 27.7 Å². The van der Waals surface area contributed by atoms with Crippen LogP contribution in [0.5, 0.6) is 0 Å². The van der Waals surface area contributed by atoms with E-state index in [1.165, 1.54) is 19.3 Å². The van der Waals surface area contributed by atoms with E-state index in [4.69, 9.17) is 0 Å². The van der Waals surface area contributed by atoms with E-state index in [9.17, 15) is 15.0 Å². The zero-order valence-electron chi connectivity index (χ0n) is 20.1. The number of carbonyl (C=O) groups is 1. The van der Waals surface area contributed by atoms with Crippen molar-refractivity contribution in [2.45, 2.75) is 117 Å². The average molecular weight is 419 g/mol. The summed E-state index contributed by atoms with van der Waals surface area (Å²) in [5.41, 5.74) is -0.445. The minimum absolute atomic E-state index is 0.0124. The Morgan fingerprint density at radius 1 is 1.10 bits per heavy atom. The summed E-state index contributed by atoms with van der Waals surface area (Å²) < 4.78 is 0. The van der Waals surface area contributed by atoms with E-state index in [0.29, 0.717) is 40.8 Å². The highest BCUT2D eigenvalue weighted by Gasteiger charge is 2.64. The predicted octanol–water partition coefficient (Wildman–Crippen LogP) is 5.76. The lowest BCUT2D eigenvalue weighted by Crippen LogP contribution is -2.55. The van der Waals surface area contributed by atoms with Crippen LogP contribution >= 0.6 is 0 Å². The summed E-state index contributed by atoms with van der Waals surface area (Å²) in [5.74, 6) is 3.57. The smallest absolute Gasteiger partial charge is 0.133 e. The Labute approximate surface area is 184 Å². The van der Waals surface area contributed by atoms with Gasteiger partial charge in [-0.15, -0.1) is 0 Å². The first-order chi connectivity index (χ1) is 14.0. The van der Waals surface area contributed by atoms with Crippen molar-refractivity contribution >= 4 is 5.78 Å². The molecule has 3 nitrogen and oxygen atoms in total. The Kier molecular flexibility index (Phi) is 5.97. The lowest BCUT2D eigenvalue weighted by Gasteiger charge is -2.60. The van der Waals surface area contributed by atoms with Gasteiger partial charge in [0.25, 0.3) is 0 Å². The normalized spacial score (nSPS) is 48.1. The summed E-state index contributed by atoms with van der Waals surface area (Å²) in [6.07, 6.45) is 10.8. The summed E-state index contributed by atoms with van der Waals surface area (Å²) in [7, 11) is 0. The van der Waals surface area contributed by atoms with E-state index in [0.717, 1.165) is 51.4 Å². The summed E-state index contributed by atoms with van der Waals surface area (Å²) in [6.45, 7) is 11.4. The molecule has 2 N–H and O–H groups in total. The third kappa shape index (κ3) is 3.60. The molecule has 0 aliphatic heterocycles. The molecule has 4 rings (SSSR count). The molecule has 30 heavy (non-hydrogen) atoms. The van der Waals surface area contributed by atoms with Crippen LogP contribution in [0.15, 0.2) is 0 Å². The van der Waals surface area contributed by atoms with E-state index in [2.05, 4.69) is 27.7 Å². The van der Waals surface area contributed by atoms with Crippen LogP contribution in [0.4, 0.5) is 0 Å². The van der Waals surface area contributed by atoms with Crippen molar-refractivity contribution < 1.29 is 15.0 Å². The van der Waals surface area contributed by atoms with Gasteiger partial charge >= 0.3 is 0 Å². The molecule has 0 aromatic rings. The van der Waals surface area contributed by atoms with E-state index in [1.807, 2.05) is 6.92 Å². The van der Waals surface area contributed by atoms with Crippen LogP contribution in [0.25, 0.3) is 0 Å². The number of rotatable bonds is 5. The molecule has 0 radical (unpaired) electrons. The van der Waals surface area contributed by atoms with Crippen molar-refractivity contribution in [3.8, 4) is 0 Å². The molecule has 0 bridgehead atoms. The van der Waals surface area contributed by atoms with Gasteiger partial charge in [0.2, 0.25) is 0 Å². The number of ketones is 1. The summed E-state index contributed by atoms with van der Waals surface area (Å²) in [6, 6.07) is 0. The molecule has 172 valence electrons. The number of carbonyl (C=O) groups excluding carboxylic acids is 1. The van der Waals surface area contributed by atoms with Crippen molar-refractivity contribution in [1.82, 2.24) is 0 Å². The number of fused-ring (bicyclic) bond motifs is 5. The van der Waals surface area contributed by atoms with Crippen LogP contribution < -0.4 is 0 Å². The Morgan fingerprint density at radius 3 is 2.53 bits per heavy atom. The van der Waals surface area contributed by atoms with Gasteiger partial charge in [-0.1, -0.05) is 40.5 Å². The SMILES string of the molecule is CC(C)CCCC(C)(O)C1C(O)CC2C3CCC4CC(=O)CCC4(C)C3CCC21C. The third-order valence-corrected chi connectivity index (χ3v) is 10.6. The summed E-state index contributed by atoms with van der Waals surface area (Å²) in [4.78, 5) is 12.1. The molecule has 3 heteroatoms. The summed E-state index contributed by atoms with van der Waals surface area (Å²) >= 11 is 0. The van der Waals surface area contributed by atoms with Gasteiger partial charge in [-0.2, -0.15) is 0 Å². The lowest BCUT2D eigenvalue weighted by atomic mass is 9.44. The number of hydrogen-bond acceptors (Lipinski definition) is 3. The molecule has 4 saturated carbocycles. The maximum Gasteiger partial charge on any atom is 0.133 e. The second kappa shape index (κ2) is 7.87. The molecule has 9 unspecified atom stereocenters. The van der Waals surface area contributed by atoms with Crippen molar-refractivity contribution in [3.63, 3.8) is 0 Å². The molecule has 4 aliphatic rings. The topological polar surface area (TPSA) is 57.5 Å². The minimum Gasteiger partial charge on any atom is -0.393 e. The number of Topliss-reactive ketones (excluding diaryl/α,β-unsaturated/α-hetero) is 1. The molecular formula is C27H46O3. The molecule has 0 aromatic carbocycles. The van der Waals surface area contributed by atoms with Gasteiger partial charge < -0.3 is 10.2 Å². The second-order valence-electron chi connectivity index (χ2n) is 12.9. The average Bonchev–Trinajstić information content (AvgIpc) is 2.92. The maximum absolute atomic E-state index is 12.1. The first-order valence-corrected chi connectivity index (χ1v) is 12.9. The van der Waals surface area contributed by atoms with Crippen LogP contribution in [-0.2, 0) is 4.79 Å². The molecule has 4 aliphatic carbocycles. The first kappa shape index (κ1) is 22.8. The number of aliphatic hydroxyl groups excluding tert-OH is 1.